The van der Waals surface area contributed by atoms with E-state index in [1.165, 1.54) is 0 Å². The smallest absolute Gasteiger partial charge is 0.253 e. The van der Waals surface area contributed by atoms with Crippen LogP contribution in [-0.4, -0.2) is 26.7 Å². The number of amides is 1. The first-order valence-corrected chi connectivity index (χ1v) is 7.47. The number of rotatable bonds is 4. The van der Waals surface area contributed by atoms with Crippen LogP contribution in [0.4, 0.5) is 0 Å². The summed E-state index contributed by atoms with van der Waals surface area (Å²) in [5.41, 5.74) is 2.19. The zero-order chi connectivity index (χ0) is 15.7. The summed E-state index contributed by atoms with van der Waals surface area (Å²) >= 11 is 0. The molecule has 0 aromatic carbocycles. The fraction of sp³-hybridized carbons (Fsp3) is 0.562. The fourth-order valence-corrected chi connectivity index (χ4v) is 2.12. The normalized spacial score (nSPS) is 13.1. The van der Waals surface area contributed by atoms with Crippen molar-refractivity contribution in [3.05, 3.63) is 23.5 Å². The monoisotopic (exact) mass is 288 g/mol. The van der Waals surface area contributed by atoms with E-state index in [1.807, 2.05) is 24.6 Å². The van der Waals surface area contributed by atoms with Crippen LogP contribution in [-0.2, 0) is 0 Å². The van der Waals surface area contributed by atoms with Gasteiger partial charge in [-0.2, -0.15) is 5.10 Å². The molecule has 1 unspecified atom stereocenters. The Kier molecular flexibility index (Phi) is 4.30. The van der Waals surface area contributed by atoms with Crippen molar-refractivity contribution in [1.82, 2.24) is 20.1 Å². The van der Waals surface area contributed by atoms with E-state index >= 15 is 0 Å². The van der Waals surface area contributed by atoms with Gasteiger partial charge in [0.15, 0.2) is 5.65 Å². The van der Waals surface area contributed by atoms with Gasteiger partial charge in [0, 0.05) is 17.5 Å². The summed E-state index contributed by atoms with van der Waals surface area (Å²) in [5.74, 6) is 0.329. The van der Waals surface area contributed by atoms with Crippen molar-refractivity contribution in [3.8, 4) is 0 Å². The molecule has 0 aliphatic rings. The number of hydrogen-bond donors (Lipinski definition) is 1. The third kappa shape index (κ3) is 3.06. The highest BCUT2D eigenvalue weighted by Gasteiger charge is 2.17. The van der Waals surface area contributed by atoms with Crippen LogP contribution >= 0.6 is 0 Å². The van der Waals surface area contributed by atoms with Crippen LogP contribution in [0.3, 0.4) is 0 Å². The first-order chi connectivity index (χ1) is 9.81. The standard InChI is InChI=1S/C16H24N4O/c1-9(2)11(5)19-16(21)14-7-13-8-17-20(10(3)4)15(13)18-12(14)6/h7-11H,1-6H3,(H,19,21). The zero-order valence-electron chi connectivity index (χ0n) is 13.6. The van der Waals surface area contributed by atoms with E-state index in [1.54, 1.807) is 6.20 Å². The summed E-state index contributed by atoms with van der Waals surface area (Å²) in [6.45, 7) is 12.2. The summed E-state index contributed by atoms with van der Waals surface area (Å²) in [7, 11) is 0. The van der Waals surface area contributed by atoms with Gasteiger partial charge in [0.25, 0.3) is 5.91 Å². The maximum Gasteiger partial charge on any atom is 0.253 e. The van der Waals surface area contributed by atoms with Gasteiger partial charge in [-0.3, -0.25) is 4.79 Å². The lowest BCUT2D eigenvalue weighted by molar-refractivity contribution is 0.0929. The fourth-order valence-electron chi connectivity index (χ4n) is 2.12. The van der Waals surface area contributed by atoms with Crippen LogP contribution in [0.5, 0.6) is 0 Å². The number of aryl methyl sites for hydroxylation is 1. The Bertz CT molecular complexity index is 658. The SMILES string of the molecule is Cc1nc2c(cnn2C(C)C)cc1C(=O)NC(C)C(C)C. The van der Waals surface area contributed by atoms with Gasteiger partial charge in [-0.05, 0) is 39.7 Å². The molecule has 2 aromatic rings. The molecule has 114 valence electrons. The molecule has 2 heterocycles. The number of pyridine rings is 1. The van der Waals surface area contributed by atoms with Crippen LogP contribution in [0.2, 0.25) is 0 Å². The van der Waals surface area contributed by atoms with E-state index in [0.717, 1.165) is 16.7 Å². The Balaban J connectivity index is 2.37. The topological polar surface area (TPSA) is 59.8 Å². The molecule has 0 aliphatic heterocycles. The average Bonchev–Trinajstić information content (AvgIpc) is 2.80. The van der Waals surface area contributed by atoms with E-state index in [9.17, 15) is 4.79 Å². The van der Waals surface area contributed by atoms with E-state index in [-0.39, 0.29) is 18.0 Å². The third-order valence-corrected chi connectivity index (χ3v) is 3.85. The molecule has 1 amide bonds. The summed E-state index contributed by atoms with van der Waals surface area (Å²) in [6.07, 6.45) is 1.77. The Hall–Kier alpha value is -1.91. The van der Waals surface area contributed by atoms with Gasteiger partial charge in [-0.15, -0.1) is 0 Å². The molecule has 21 heavy (non-hydrogen) atoms. The number of nitrogens with zero attached hydrogens (tertiary/aromatic N) is 3. The summed E-state index contributed by atoms with van der Waals surface area (Å²) in [4.78, 5) is 17.0. The average molecular weight is 288 g/mol. The predicted octanol–water partition coefficient (Wildman–Crippen LogP) is 3.09. The van der Waals surface area contributed by atoms with Crippen molar-refractivity contribution >= 4 is 16.9 Å². The van der Waals surface area contributed by atoms with Crippen LogP contribution in [0.1, 0.15) is 56.7 Å². The minimum absolute atomic E-state index is 0.0691. The number of fused-ring (bicyclic) bond motifs is 1. The first kappa shape index (κ1) is 15.5. The molecule has 0 saturated heterocycles. The predicted molar refractivity (Wildman–Crippen MR) is 84.4 cm³/mol. The minimum Gasteiger partial charge on any atom is -0.349 e. The van der Waals surface area contributed by atoms with Crippen molar-refractivity contribution in [3.63, 3.8) is 0 Å². The van der Waals surface area contributed by atoms with Crippen LogP contribution in [0, 0.1) is 12.8 Å². The highest BCUT2D eigenvalue weighted by molar-refractivity contribution is 5.98. The number of aromatic nitrogens is 3. The zero-order valence-corrected chi connectivity index (χ0v) is 13.6. The lowest BCUT2D eigenvalue weighted by atomic mass is 10.1. The molecule has 1 N–H and O–H groups in total. The Labute approximate surface area is 125 Å². The molecule has 5 heteroatoms. The highest BCUT2D eigenvalue weighted by Crippen LogP contribution is 2.19. The van der Waals surface area contributed by atoms with Crippen molar-refractivity contribution in [2.24, 2.45) is 5.92 Å². The second kappa shape index (κ2) is 5.84. The molecule has 2 rings (SSSR count). The van der Waals surface area contributed by atoms with E-state index in [2.05, 4.69) is 43.1 Å². The van der Waals surface area contributed by atoms with E-state index < -0.39 is 0 Å². The largest absolute Gasteiger partial charge is 0.349 e. The molecule has 0 aliphatic carbocycles. The summed E-state index contributed by atoms with van der Waals surface area (Å²) in [6, 6.07) is 2.26. The first-order valence-electron chi connectivity index (χ1n) is 7.47. The minimum atomic E-state index is -0.0691. The third-order valence-electron chi connectivity index (χ3n) is 3.85. The molecule has 0 bridgehead atoms. The number of carbonyl (C=O) groups is 1. The summed E-state index contributed by atoms with van der Waals surface area (Å²) in [5, 5.41) is 8.27. The molecule has 1 atom stereocenters. The van der Waals surface area contributed by atoms with Crippen LogP contribution < -0.4 is 5.32 Å². The van der Waals surface area contributed by atoms with E-state index in [0.29, 0.717) is 11.5 Å². The molecule has 2 aromatic heterocycles. The maximum absolute atomic E-state index is 12.4. The number of nitrogens with one attached hydrogen (secondary N) is 1. The van der Waals surface area contributed by atoms with Crippen molar-refractivity contribution < 1.29 is 4.79 Å². The highest BCUT2D eigenvalue weighted by atomic mass is 16.1. The number of hydrogen-bond acceptors (Lipinski definition) is 3. The van der Waals surface area contributed by atoms with Gasteiger partial charge in [0.2, 0.25) is 0 Å². The van der Waals surface area contributed by atoms with Crippen molar-refractivity contribution in [2.45, 2.75) is 53.6 Å². The van der Waals surface area contributed by atoms with Gasteiger partial charge in [0.05, 0.1) is 17.5 Å². The van der Waals surface area contributed by atoms with Crippen LogP contribution in [0.15, 0.2) is 12.3 Å². The van der Waals surface area contributed by atoms with Gasteiger partial charge in [-0.25, -0.2) is 9.67 Å². The van der Waals surface area contributed by atoms with E-state index in [4.69, 9.17) is 0 Å². The van der Waals surface area contributed by atoms with Gasteiger partial charge < -0.3 is 5.32 Å². The lowest BCUT2D eigenvalue weighted by Crippen LogP contribution is -2.36. The lowest BCUT2D eigenvalue weighted by Gasteiger charge is -2.18. The molecule has 0 radical (unpaired) electrons. The maximum atomic E-state index is 12.4. The second-order valence-corrected chi connectivity index (χ2v) is 6.22. The number of carbonyl (C=O) groups excluding carboxylic acids is 1. The molecule has 0 saturated carbocycles. The van der Waals surface area contributed by atoms with Crippen molar-refractivity contribution in [1.29, 1.82) is 0 Å². The molecular formula is C16H24N4O. The van der Waals surface area contributed by atoms with Gasteiger partial charge in [-0.1, -0.05) is 13.8 Å². The second-order valence-electron chi connectivity index (χ2n) is 6.22. The van der Waals surface area contributed by atoms with Crippen molar-refractivity contribution in [2.75, 3.05) is 0 Å². The van der Waals surface area contributed by atoms with Gasteiger partial charge in [0.1, 0.15) is 0 Å². The molecule has 0 fully saturated rings. The summed E-state index contributed by atoms with van der Waals surface area (Å²) < 4.78 is 1.88. The van der Waals surface area contributed by atoms with Gasteiger partial charge >= 0.3 is 0 Å². The molecule has 0 spiro atoms. The molecular weight excluding hydrogens is 264 g/mol. The van der Waals surface area contributed by atoms with Crippen LogP contribution in [0.25, 0.3) is 11.0 Å². The Morgan fingerprint density at radius 2 is 1.90 bits per heavy atom. The quantitative estimate of drug-likeness (QED) is 0.940. The molecule has 5 nitrogen and oxygen atoms in total. The Morgan fingerprint density at radius 1 is 1.24 bits per heavy atom. The Morgan fingerprint density at radius 3 is 2.48 bits per heavy atom.